The molecule has 0 bridgehead atoms. The fraction of sp³-hybridized carbons (Fsp3) is 0.391. The van der Waals surface area contributed by atoms with Gasteiger partial charge in [0, 0.05) is 18.8 Å². The molecule has 2 aromatic carbocycles. The minimum absolute atomic E-state index is 0.0534. The molecular formula is C23H31N3O2SSi. The van der Waals surface area contributed by atoms with Gasteiger partial charge in [-0.3, -0.25) is 0 Å². The summed E-state index contributed by atoms with van der Waals surface area (Å²) in [6.45, 7) is 11.5. The van der Waals surface area contributed by atoms with Crippen LogP contribution < -0.4 is 5.73 Å². The maximum absolute atomic E-state index is 10.4. The van der Waals surface area contributed by atoms with E-state index in [0.29, 0.717) is 35.3 Å². The molecule has 0 aliphatic heterocycles. The molecule has 0 amide bonds. The van der Waals surface area contributed by atoms with E-state index < -0.39 is 8.32 Å². The molecule has 0 unspecified atom stereocenters. The second kappa shape index (κ2) is 8.96. The van der Waals surface area contributed by atoms with E-state index in [2.05, 4.69) is 74.2 Å². The lowest BCUT2D eigenvalue weighted by Crippen LogP contribution is -2.41. The number of fused-ring (bicyclic) bond motifs is 1. The van der Waals surface area contributed by atoms with Gasteiger partial charge in [0.25, 0.3) is 0 Å². The normalized spacial score (nSPS) is 12.4. The molecule has 0 fully saturated rings. The van der Waals surface area contributed by atoms with E-state index in [-0.39, 0.29) is 10.9 Å². The van der Waals surface area contributed by atoms with E-state index in [1.165, 1.54) is 28.1 Å². The second-order valence-corrected chi connectivity index (χ2v) is 14.8. The van der Waals surface area contributed by atoms with E-state index in [0.717, 1.165) is 0 Å². The molecule has 30 heavy (non-hydrogen) atoms. The highest BCUT2D eigenvalue weighted by Gasteiger charge is 2.37. The standard InChI is InChI=1S/C23H31N3O2SSi/c1-23(2,3)30(4,5)28-13-12-19-20(24)25-22(26-21(19)27)29-15-16-10-11-17-8-6-7-9-18(17)14-16/h6-11,14H,12-13,15H2,1-5H3,(H3,24,25,26,27). The number of aromatic nitrogens is 2. The predicted molar refractivity (Wildman–Crippen MR) is 128 cm³/mol. The zero-order chi connectivity index (χ0) is 21.9. The highest BCUT2D eigenvalue weighted by molar-refractivity contribution is 7.98. The highest BCUT2D eigenvalue weighted by atomic mass is 32.2. The Morgan fingerprint density at radius 1 is 1.07 bits per heavy atom. The molecule has 0 spiro atoms. The number of hydrogen-bond acceptors (Lipinski definition) is 6. The quantitative estimate of drug-likeness (QED) is 0.275. The predicted octanol–water partition coefficient (Wildman–Crippen LogP) is 5.77. The fourth-order valence-corrected chi connectivity index (χ4v) is 4.71. The Bertz CT molecular complexity index is 1010. The van der Waals surface area contributed by atoms with E-state index in [4.69, 9.17) is 10.2 Å². The lowest BCUT2D eigenvalue weighted by atomic mass is 10.1. The van der Waals surface area contributed by atoms with Gasteiger partial charge in [0.2, 0.25) is 5.88 Å². The van der Waals surface area contributed by atoms with Gasteiger partial charge < -0.3 is 15.3 Å². The first-order chi connectivity index (χ1) is 14.1. The zero-order valence-electron chi connectivity index (χ0n) is 18.4. The van der Waals surface area contributed by atoms with Crippen LogP contribution in [0.15, 0.2) is 47.6 Å². The Hall–Kier alpha value is -2.09. The van der Waals surface area contributed by atoms with Gasteiger partial charge in [-0.15, -0.1) is 0 Å². The van der Waals surface area contributed by atoms with Crippen molar-refractivity contribution in [3.05, 3.63) is 53.6 Å². The van der Waals surface area contributed by atoms with Crippen molar-refractivity contribution in [3.63, 3.8) is 0 Å². The third kappa shape index (κ3) is 5.33. The summed E-state index contributed by atoms with van der Waals surface area (Å²) in [7, 11) is -1.84. The summed E-state index contributed by atoms with van der Waals surface area (Å²) in [5, 5.41) is 13.5. The molecule has 5 nitrogen and oxygen atoms in total. The van der Waals surface area contributed by atoms with Crippen LogP contribution in [-0.4, -0.2) is 30.0 Å². The van der Waals surface area contributed by atoms with Crippen LogP contribution in [0.2, 0.25) is 18.1 Å². The number of nitrogens with two attached hydrogens (primary N) is 1. The molecule has 0 aliphatic carbocycles. The van der Waals surface area contributed by atoms with Crippen molar-refractivity contribution in [1.29, 1.82) is 0 Å². The Balaban J connectivity index is 1.63. The van der Waals surface area contributed by atoms with Crippen molar-refractivity contribution in [2.75, 3.05) is 12.3 Å². The van der Waals surface area contributed by atoms with Crippen molar-refractivity contribution < 1.29 is 9.53 Å². The van der Waals surface area contributed by atoms with Crippen LogP contribution >= 0.6 is 11.8 Å². The van der Waals surface area contributed by atoms with Crippen molar-refractivity contribution >= 4 is 36.7 Å². The Morgan fingerprint density at radius 2 is 1.77 bits per heavy atom. The lowest BCUT2D eigenvalue weighted by molar-refractivity contribution is 0.289. The number of nitrogen functional groups attached to an aromatic ring is 1. The molecule has 0 atom stereocenters. The van der Waals surface area contributed by atoms with Crippen molar-refractivity contribution in [2.24, 2.45) is 0 Å². The van der Waals surface area contributed by atoms with E-state index in [1.807, 2.05) is 12.1 Å². The summed E-state index contributed by atoms with van der Waals surface area (Å²) >= 11 is 1.46. The molecule has 0 radical (unpaired) electrons. The number of rotatable bonds is 7. The SMILES string of the molecule is CC(C)(C)[Si](C)(C)OCCc1c(N)nc(SCc2ccc3ccccc3c2)nc1O. The molecule has 0 saturated heterocycles. The maximum atomic E-state index is 10.4. The third-order valence-electron chi connectivity index (χ3n) is 5.80. The Kier molecular flexibility index (Phi) is 6.74. The van der Waals surface area contributed by atoms with Gasteiger partial charge in [-0.25, -0.2) is 4.98 Å². The van der Waals surface area contributed by atoms with Crippen LogP contribution in [0.1, 0.15) is 31.9 Å². The smallest absolute Gasteiger partial charge is 0.220 e. The fourth-order valence-electron chi connectivity index (χ4n) is 2.87. The second-order valence-electron chi connectivity index (χ2n) is 9.02. The maximum Gasteiger partial charge on any atom is 0.220 e. The van der Waals surface area contributed by atoms with E-state index in [9.17, 15) is 5.11 Å². The molecule has 1 heterocycles. The Labute approximate surface area is 184 Å². The molecule has 0 saturated carbocycles. The van der Waals surface area contributed by atoms with Gasteiger partial charge in [-0.05, 0) is 34.5 Å². The van der Waals surface area contributed by atoms with Crippen molar-refractivity contribution in [1.82, 2.24) is 9.97 Å². The minimum Gasteiger partial charge on any atom is -0.493 e. The van der Waals surface area contributed by atoms with Crippen molar-refractivity contribution in [2.45, 2.75) is 56.2 Å². The van der Waals surface area contributed by atoms with Crippen LogP contribution in [-0.2, 0) is 16.6 Å². The largest absolute Gasteiger partial charge is 0.493 e. The van der Waals surface area contributed by atoms with Gasteiger partial charge in [0.15, 0.2) is 13.5 Å². The van der Waals surface area contributed by atoms with Gasteiger partial charge in [0.05, 0.1) is 5.56 Å². The topological polar surface area (TPSA) is 81.3 Å². The van der Waals surface area contributed by atoms with Crippen LogP contribution in [0.4, 0.5) is 5.82 Å². The summed E-state index contributed by atoms with van der Waals surface area (Å²) in [6, 6.07) is 14.7. The first-order valence-electron chi connectivity index (χ1n) is 10.2. The molecule has 3 aromatic rings. The van der Waals surface area contributed by atoms with E-state index in [1.54, 1.807) is 0 Å². The first kappa shape index (κ1) is 22.6. The summed E-state index contributed by atoms with van der Waals surface area (Å²) in [6.07, 6.45) is 0.500. The molecule has 7 heteroatoms. The molecular weight excluding hydrogens is 410 g/mol. The van der Waals surface area contributed by atoms with Crippen LogP contribution in [0.25, 0.3) is 10.8 Å². The summed E-state index contributed by atoms with van der Waals surface area (Å²) in [5.41, 5.74) is 7.86. The average Bonchev–Trinajstić information content (AvgIpc) is 2.67. The van der Waals surface area contributed by atoms with Gasteiger partial charge >= 0.3 is 0 Å². The number of anilines is 1. The van der Waals surface area contributed by atoms with Crippen LogP contribution in [0.3, 0.4) is 0 Å². The number of thioether (sulfide) groups is 1. The van der Waals surface area contributed by atoms with E-state index >= 15 is 0 Å². The number of aromatic hydroxyl groups is 1. The number of hydrogen-bond donors (Lipinski definition) is 2. The highest BCUT2D eigenvalue weighted by Crippen LogP contribution is 2.37. The molecule has 1 aromatic heterocycles. The van der Waals surface area contributed by atoms with Crippen LogP contribution in [0.5, 0.6) is 5.88 Å². The third-order valence-corrected chi connectivity index (χ3v) is 11.3. The monoisotopic (exact) mass is 441 g/mol. The zero-order valence-corrected chi connectivity index (χ0v) is 20.2. The number of nitrogens with zero attached hydrogens (tertiary/aromatic N) is 2. The summed E-state index contributed by atoms with van der Waals surface area (Å²) in [4.78, 5) is 8.66. The molecule has 3 rings (SSSR count). The van der Waals surface area contributed by atoms with Gasteiger partial charge in [-0.2, -0.15) is 4.98 Å². The Morgan fingerprint density at radius 3 is 2.43 bits per heavy atom. The number of benzene rings is 2. The summed E-state index contributed by atoms with van der Waals surface area (Å²) < 4.78 is 6.19. The minimum atomic E-state index is -1.84. The molecule has 3 N–H and O–H groups in total. The van der Waals surface area contributed by atoms with Gasteiger partial charge in [0.1, 0.15) is 5.82 Å². The molecule has 160 valence electrons. The lowest BCUT2D eigenvalue weighted by Gasteiger charge is -2.36. The van der Waals surface area contributed by atoms with Gasteiger partial charge in [-0.1, -0.05) is 75.0 Å². The average molecular weight is 442 g/mol. The van der Waals surface area contributed by atoms with Crippen molar-refractivity contribution in [3.8, 4) is 5.88 Å². The first-order valence-corrected chi connectivity index (χ1v) is 14.1. The molecule has 0 aliphatic rings. The summed E-state index contributed by atoms with van der Waals surface area (Å²) in [5.74, 6) is 0.974. The van der Waals surface area contributed by atoms with Crippen LogP contribution in [0, 0.1) is 0 Å².